The Balaban J connectivity index is 1.43. The smallest absolute Gasteiger partial charge is 0.244 e. The molecule has 0 radical (unpaired) electrons. The van der Waals surface area contributed by atoms with Gasteiger partial charge in [0, 0.05) is 24.3 Å². The molecule has 5 nitrogen and oxygen atoms in total. The molecule has 3 aromatic rings. The van der Waals surface area contributed by atoms with Crippen molar-refractivity contribution in [2.45, 2.75) is 32.7 Å². The third-order valence-electron chi connectivity index (χ3n) is 5.03. The maximum Gasteiger partial charge on any atom is 0.244 e. The van der Waals surface area contributed by atoms with Crippen LogP contribution in [0.3, 0.4) is 0 Å². The first-order valence-corrected chi connectivity index (χ1v) is 9.26. The van der Waals surface area contributed by atoms with E-state index in [1.54, 1.807) is 6.20 Å². The number of piperidine rings is 1. The lowest BCUT2D eigenvalue weighted by molar-refractivity contribution is -0.116. The van der Waals surface area contributed by atoms with Crippen molar-refractivity contribution in [2.24, 2.45) is 0 Å². The van der Waals surface area contributed by atoms with Crippen molar-refractivity contribution in [3.05, 3.63) is 54.4 Å². The number of amides is 1. The van der Waals surface area contributed by atoms with E-state index in [2.05, 4.69) is 27.3 Å². The van der Waals surface area contributed by atoms with Crippen LogP contribution in [-0.2, 0) is 11.3 Å². The molecule has 0 spiro atoms. The number of benzene rings is 1. The maximum atomic E-state index is 12.5. The molecule has 1 fully saturated rings. The van der Waals surface area contributed by atoms with E-state index in [0.29, 0.717) is 6.54 Å². The summed E-state index contributed by atoms with van der Waals surface area (Å²) in [6.45, 7) is 4.47. The van der Waals surface area contributed by atoms with Crippen LogP contribution < -0.4 is 10.2 Å². The van der Waals surface area contributed by atoms with E-state index in [9.17, 15) is 4.79 Å². The molecule has 5 heteroatoms. The van der Waals surface area contributed by atoms with Crippen molar-refractivity contribution in [1.82, 2.24) is 9.55 Å². The average molecular weight is 348 g/mol. The number of carbonyl (C=O) groups excluding carboxylic acids is 1. The van der Waals surface area contributed by atoms with E-state index in [4.69, 9.17) is 0 Å². The predicted octanol–water partition coefficient (Wildman–Crippen LogP) is 3.97. The molecule has 4 rings (SSSR count). The van der Waals surface area contributed by atoms with Crippen molar-refractivity contribution in [2.75, 3.05) is 23.3 Å². The number of fused-ring (bicyclic) bond motifs is 1. The van der Waals surface area contributed by atoms with Gasteiger partial charge in [0.2, 0.25) is 5.91 Å². The topological polar surface area (TPSA) is 50.2 Å². The third-order valence-corrected chi connectivity index (χ3v) is 5.03. The van der Waals surface area contributed by atoms with Crippen LogP contribution in [0, 0.1) is 6.92 Å². The summed E-state index contributed by atoms with van der Waals surface area (Å²) in [5.41, 5.74) is 2.91. The molecular formula is C21H24N4O. The van der Waals surface area contributed by atoms with Gasteiger partial charge < -0.3 is 14.8 Å². The lowest BCUT2D eigenvalue weighted by Gasteiger charge is -2.27. The van der Waals surface area contributed by atoms with Crippen molar-refractivity contribution >= 4 is 28.3 Å². The largest absolute Gasteiger partial charge is 0.357 e. The van der Waals surface area contributed by atoms with Crippen LogP contribution >= 0.6 is 0 Å². The normalized spacial score (nSPS) is 14.6. The number of pyridine rings is 1. The van der Waals surface area contributed by atoms with Crippen LogP contribution in [0.4, 0.5) is 11.5 Å². The number of para-hydroxylation sites is 1. The number of aromatic nitrogens is 2. The molecule has 134 valence electrons. The number of hydrogen-bond donors (Lipinski definition) is 1. The maximum absolute atomic E-state index is 12.5. The molecule has 0 aliphatic carbocycles. The zero-order chi connectivity index (χ0) is 17.9. The number of nitrogens with zero attached hydrogens (tertiary/aromatic N) is 3. The predicted molar refractivity (Wildman–Crippen MR) is 106 cm³/mol. The highest BCUT2D eigenvalue weighted by Crippen LogP contribution is 2.21. The molecule has 1 saturated heterocycles. The monoisotopic (exact) mass is 348 g/mol. The fourth-order valence-corrected chi connectivity index (χ4v) is 3.67. The molecule has 1 amide bonds. The van der Waals surface area contributed by atoms with Gasteiger partial charge in [-0.25, -0.2) is 4.98 Å². The van der Waals surface area contributed by atoms with E-state index in [1.807, 2.05) is 41.8 Å². The zero-order valence-corrected chi connectivity index (χ0v) is 15.1. The number of rotatable bonds is 4. The highest BCUT2D eigenvalue weighted by molar-refractivity contribution is 5.92. The first kappa shape index (κ1) is 16.6. The minimum absolute atomic E-state index is 0.0398. The van der Waals surface area contributed by atoms with Crippen molar-refractivity contribution in [1.29, 1.82) is 0 Å². The van der Waals surface area contributed by atoms with Crippen LogP contribution in [0.2, 0.25) is 0 Å². The molecular weight excluding hydrogens is 324 g/mol. The Labute approximate surface area is 153 Å². The summed E-state index contributed by atoms with van der Waals surface area (Å²) in [6.07, 6.45) is 5.51. The van der Waals surface area contributed by atoms with Gasteiger partial charge in [0.05, 0.1) is 11.9 Å². The molecule has 0 atom stereocenters. The van der Waals surface area contributed by atoms with Crippen molar-refractivity contribution in [3.8, 4) is 0 Å². The minimum atomic E-state index is -0.0398. The Morgan fingerprint density at radius 3 is 2.69 bits per heavy atom. The molecule has 1 N–H and O–H groups in total. The Hall–Kier alpha value is -2.82. The van der Waals surface area contributed by atoms with Crippen LogP contribution in [0.5, 0.6) is 0 Å². The van der Waals surface area contributed by atoms with Crippen molar-refractivity contribution in [3.63, 3.8) is 0 Å². The second kappa shape index (κ2) is 7.20. The van der Waals surface area contributed by atoms with Gasteiger partial charge in [-0.15, -0.1) is 0 Å². The fraction of sp³-hybridized carbons (Fsp3) is 0.333. The Morgan fingerprint density at radius 2 is 1.92 bits per heavy atom. The van der Waals surface area contributed by atoms with E-state index >= 15 is 0 Å². The first-order valence-electron chi connectivity index (χ1n) is 9.26. The van der Waals surface area contributed by atoms with Gasteiger partial charge in [0.15, 0.2) is 0 Å². The standard InChI is InChI=1S/C21H24N4O/c1-16-13-17-7-3-4-8-19(17)25(16)15-21(26)23-18-9-10-20(22-14-18)24-11-5-2-6-12-24/h3-4,7-10,13-14H,2,5-6,11-12,15H2,1H3,(H,23,26). The van der Waals surface area contributed by atoms with Crippen LogP contribution in [0.15, 0.2) is 48.7 Å². The fourth-order valence-electron chi connectivity index (χ4n) is 3.67. The lowest BCUT2D eigenvalue weighted by atomic mass is 10.1. The van der Waals surface area contributed by atoms with Gasteiger partial charge in [-0.05, 0) is 55.8 Å². The second-order valence-electron chi connectivity index (χ2n) is 6.93. The highest BCUT2D eigenvalue weighted by Gasteiger charge is 2.13. The first-order chi connectivity index (χ1) is 12.7. The van der Waals surface area contributed by atoms with E-state index < -0.39 is 0 Å². The van der Waals surface area contributed by atoms with Gasteiger partial charge in [-0.3, -0.25) is 4.79 Å². The van der Waals surface area contributed by atoms with Crippen LogP contribution in [0.1, 0.15) is 25.0 Å². The Bertz CT molecular complexity index is 907. The molecule has 0 bridgehead atoms. The Kier molecular flexibility index (Phi) is 4.61. The van der Waals surface area contributed by atoms with Gasteiger partial charge in [-0.1, -0.05) is 18.2 Å². The number of anilines is 2. The summed E-state index contributed by atoms with van der Waals surface area (Å²) in [5, 5.41) is 4.12. The molecule has 1 aromatic carbocycles. The molecule has 1 aliphatic heterocycles. The Morgan fingerprint density at radius 1 is 1.12 bits per heavy atom. The summed E-state index contributed by atoms with van der Waals surface area (Å²) in [5.74, 6) is 0.955. The van der Waals surface area contributed by atoms with E-state index in [1.165, 1.54) is 19.3 Å². The van der Waals surface area contributed by atoms with Gasteiger partial charge in [-0.2, -0.15) is 0 Å². The van der Waals surface area contributed by atoms with Crippen LogP contribution in [0.25, 0.3) is 10.9 Å². The molecule has 1 aliphatic rings. The van der Waals surface area contributed by atoms with Crippen LogP contribution in [-0.4, -0.2) is 28.5 Å². The van der Waals surface area contributed by atoms with Gasteiger partial charge in [0.1, 0.15) is 12.4 Å². The molecule has 2 aromatic heterocycles. The highest BCUT2D eigenvalue weighted by atomic mass is 16.1. The van der Waals surface area contributed by atoms with Gasteiger partial charge >= 0.3 is 0 Å². The molecule has 0 saturated carbocycles. The summed E-state index contributed by atoms with van der Waals surface area (Å²) in [7, 11) is 0. The van der Waals surface area contributed by atoms with E-state index in [-0.39, 0.29) is 5.91 Å². The molecule has 0 unspecified atom stereocenters. The third kappa shape index (κ3) is 3.43. The summed E-state index contributed by atoms with van der Waals surface area (Å²) in [4.78, 5) is 19.3. The quantitative estimate of drug-likeness (QED) is 0.776. The molecule has 3 heterocycles. The minimum Gasteiger partial charge on any atom is -0.357 e. The summed E-state index contributed by atoms with van der Waals surface area (Å²) < 4.78 is 2.04. The number of aryl methyl sites for hydroxylation is 1. The zero-order valence-electron chi connectivity index (χ0n) is 15.1. The number of nitrogens with one attached hydrogen (secondary N) is 1. The second-order valence-corrected chi connectivity index (χ2v) is 6.93. The van der Waals surface area contributed by atoms with E-state index in [0.717, 1.165) is 41.2 Å². The van der Waals surface area contributed by atoms with Crippen molar-refractivity contribution < 1.29 is 4.79 Å². The average Bonchev–Trinajstić information content (AvgIpc) is 2.98. The summed E-state index contributed by atoms with van der Waals surface area (Å²) in [6, 6.07) is 14.2. The number of hydrogen-bond acceptors (Lipinski definition) is 3. The summed E-state index contributed by atoms with van der Waals surface area (Å²) >= 11 is 0. The van der Waals surface area contributed by atoms with Gasteiger partial charge in [0.25, 0.3) is 0 Å². The number of carbonyl (C=O) groups is 1. The molecule has 26 heavy (non-hydrogen) atoms. The lowest BCUT2D eigenvalue weighted by Crippen LogP contribution is -2.30. The SMILES string of the molecule is Cc1cc2ccccc2n1CC(=O)Nc1ccc(N2CCCCC2)nc1.